The van der Waals surface area contributed by atoms with Crippen LogP contribution in [-0.4, -0.2) is 47.3 Å². The molecule has 0 heterocycles. The van der Waals surface area contributed by atoms with Gasteiger partial charge >= 0.3 is 18.2 Å². The average molecular weight is 268 g/mol. The van der Waals surface area contributed by atoms with Crippen molar-refractivity contribution in [1.29, 1.82) is 0 Å². The molecule has 0 saturated heterocycles. The van der Waals surface area contributed by atoms with E-state index < -0.39 is 30.3 Å². The fourth-order valence-corrected chi connectivity index (χ4v) is 1.65. The Balaban J connectivity index is 2.65. The van der Waals surface area contributed by atoms with E-state index in [1.165, 1.54) is 6.92 Å². The van der Waals surface area contributed by atoms with Crippen molar-refractivity contribution in [3.05, 3.63) is 0 Å². The van der Waals surface area contributed by atoms with Crippen LogP contribution in [0.2, 0.25) is 0 Å². The lowest BCUT2D eigenvalue weighted by molar-refractivity contribution is -0.145. The van der Waals surface area contributed by atoms with E-state index in [1.54, 1.807) is 0 Å². The van der Waals surface area contributed by atoms with Crippen LogP contribution in [0.4, 0.5) is 18.0 Å². The zero-order valence-corrected chi connectivity index (χ0v) is 10.0. The monoisotopic (exact) mass is 268 g/mol. The van der Waals surface area contributed by atoms with Crippen LogP contribution in [0.5, 0.6) is 0 Å². The number of urea groups is 1. The van der Waals surface area contributed by atoms with Crippen LogP contribution in [0.3, 0.4) is 0 Å². The molecule has 1 saturated carbocycles. The molecule has 0 radical (unpaired) electrons. The molecule has 1 fully saturated rings. The minimum atomic E-state index is -4.51. The van der Waals surface area contributed by atoms with Crippen LogP contribution in [0.15, 0.2) is 0 Å². The number of hydrogen-bond acceptors (Lipinski definition) is 2. The highest BCUT2D eigenvalue weighted by molar-refractivity contribution is 5.86. The quantitative estimate of drug-likeness (QED) is 0.810. The Bertz CT molecular complexity index is 355. The molecule has 0 bridgehead atoms. The molecule has 0 aromatic heterocycles. The maximum absolute atomic E-state index is 12.1. The molecule has 8 heteroatoms. The van der Waals surface area contributed by atoms with Gasteiger partial charge in [0.1, 0.15) is 12.1 Å². The number of carboxylic acid groups (broad SMARTS) is 1. The number of carbonyl (C=O) groups excluding carboxylic acids is 1. The summed E-state index contributed by atoms with van der Waals surface area (Å²) in [7, 11) is 0.970. The number of halogens is 3. The van der Waals surface area contributed by atoms with Gasteiger partial charge in [-0.05, 0) is 25.7 Å². The van der Waals surface area contributed by atoms with Crippen LogP contribution in [-0.2, 0) is 4.79 Å². The van der Waals surface area contributed by atoms with Crippen molar-refractivity contribution in [2.75, 3.05) is 13.6 Å². The van der Waals surface area contributed by atoms with Crippen LogP contribution in [0.1, 0.15) is 19.8 Å². The van der Waals surface area contributed by atoms with Gasteiger partial charge in [-0.1, -0.05) is 0 Å². The Labute approximate surface area is 102 Å². The Morgan fingerprint density at radius 1 is 1.39 bits per heavy atom. The Hall–Kier alpha value is -1.47. The zero-order chi connectivity index (χ0) is 14.1. The van der Waals surface area contributed by atoms with Gasteiger partial charge in [0.05, 0.1) is 0 Å². The molecule has 1 aliphatic rings. The molecule has 0 aromatic rings. The summed E-state index contributed by atoms with van der Waals surface area (Å²) in [6, 6.07) is -1.04. The molecule has 5 nitrogen and oxygen atoms in total. The van der Waals surface area contributed by atoms with Crippen LogP contribution >= 0.6 is 0 Å². The summed E-state index contributed by atoms with van der Waals surface area (Å²) in [5.41, 5.74) is -1.50. The highest BCUT2D eigenvalue weighted by Gasteiger charge is 2.49. The molecule has 1 aliphatic carbocycles. The molecular formula is C10H15F3N2O3. The number of carbonyl (C=O) groups is 2. The van der Waals surface area contributed by atoms with E-state index in [0.717, 1.165) is 7.05 Å². The van der Waals surface area contributed by atoms with Crippen molar-refractivity contribution in [1.82, 2.24) is 10.2 Å². The number of nitrogens with one attached hydrogen (secondary N) is 1. The maximum Gasteiger partial charge on any atom is 0.406 e. The maximum atomic E-state index is 12.1. The zero-order valence-electron chi connectivity index (χ0n) is 10.0. The van der Waals surface area contributed by atoms with Gasteiger partial charge in [0.25, 0.3) is 0 Å². The van der Waals surface area contributed by atoms with E-state index in [0.29, 0.717) is 17.7 Å². The van der Waals surface area contributed by atoms with Gasteiger partial charge in [-0.2, -0.15) is 13.2 Å². The summed E-state index contributed by atoms with van der Waals surface area (Å²) in [5, 5.41) is 11.2. The van der Waals surface area contributed by atoms with Crippen LogP contribution in [0.25, 0.3) is 0 Å². The number of amides is 2. The lowest BCUT2D eigenvalue weighted by Crippen LogP contribution is -2.57. The first-order chi connectivity index (χ1) is 8.06. The topological polar surface area (TPSA) is 69.6 Å². The number of nitrogens with zero attached hydrogens (tertiary/aromatic N) is 1. The van der Waals surface area contributed by atoms with Crippen molar-refractivity contribution in [2.45, 2.75) is 31.5 Å². The SMILES string of the molecule is CN(CC(F)(F)F)C(=O)NC(C)(C(=O)O)C1CC1. The fraction of sp³-hybridized carbons (Fsp3) is 0.800. The number of alkyl halides is 3. The van der Waals surface area contributed by atoms with Gasteiger partial charge in [-0.3, -0.25) is 0 Å². The molecule has 0 aromatic carbocycles. The summed E-state index contributed by atoms with van der Waals surface area (Å²) in [5.74, 6) is -1.46. The highest BCUT2D eigenvalue weighted by atomic mass is 19.4. The predicted molar refractivity (Wildman–Crippen MR) is 56.0 cm³/mol. The molecule has 104 valence electrons. The van der Waals surface area contributed by atoms with E-state index in [2.05, 4.69) is 5.32 Å². The second-order valence-electron chi connectivity index (χ2n) is 4.68. The molecule has 1 unspecified atom stereocenters. The summed E-state index contributed by atoms with van der Waals surface area (Å²) < 4.78 is 36.3. The molecular weight excluding hydrogens is 253 g/mol. The van der Waals surface area contributed by atoms with Gasteiger partial charge in [-0.25, -0.2) is 9.59 Å². The summed E-state index contributed by atoms with van der Waals surface area (Å²) in [6.07, 6.45) is -3.22. The minimum absolute atomic E-state index is 0.224. The highest BCUT2D eigenvalue weighted by Crippen LogP contribution is 2.39. The molecule has 2 N–H and O–H groups in total. The van der Waals surface area contributed by atoms with Crippen molar-refractivity contribution in [3.8, 4) is 0 Å². The first kappa shape index (κ1) is 14.6. The largest absolute Gasteiger partial charge is 0.480 e. The van der Waals surface area contributed by atoms with E-state index in [1.807, 2.05) is 0 Å². The number of rotatable bonds is 4. The van der Waals surface area contributed by atoms with Gasteiger partial charge in [-0.15, -0.1) is 0 Å². The van der Waals surface area contributed by atoms with E-state index in [4.69, 9.17) is 5.11 Å². The standard InChI is InChI=1S/C10H15F3N2O3/c1-9(7(16)17,6-3-4-6)14-8(18)15(2)5-10(11,12)13/h6H,3-5H2,1-2H3,(H,14,18)(H,16,17). The van der Waals surface area contributed by atoms with Crippen LogP contribution < -0.4 is 5.32 Å². The molecule has 0 aliphatic heterocycles. The Morgan fingerprint density at radius 3 is 2.22 bits per heavy atom. The third-order valence-corrected chi connectivity index (χ3v) is 2.97. The second-order valence-corrected chi connectivity index (χ2v) is 4.68. The Morgan fingerprint density at radius 2 is 1.89 bits per heavy atom. The van der Waals surface area contributed by atoms with Gasteiger partial charge in [0.15, 0.2) is 0 Å². The minimum Gasteiger partial charge on any atom is -0.480 e. The third kappa shape index (κ3) is 3.51. The van der Waals surface area contributed by atoms with Gasteiger partial charge in [0.2, 0.25) is 0 Å². The normalized spacial score (nSPS) is 18.9. The lowest BCUT2D eigenvalue weighted by atomic mass is 9.96. The number of hydrogen-bond donors (Lipinski definition) is 2. The Kier molecular flexibility index (Phi) is 3.78. The molecule has 2 amide bonds. The summed E-state index contributed by atoms with van der Waals surface area (Å²) >= 11 is 0. The van der Waals surface area contributed by atoms with Crippen molar-refractivity contribution >= 4 is 12.0 Å². The fourth-order valence-electron chi connectivity index (χ4n) is 1.65. The molecule has 1 rings (SSSR count). The van der Waals surface area contributed by atoms with Gasteiger partial charge in [0, 0.05) is 7.05 Å². The molecule has 0 spiro atoms. The van der Waals surface area contributed by atoms with Crippen LogP contribution in [0, 0.1) is 5.92 Å². The number of carboxylic acids is 1. The summed E-state index contributed by atoms with van der Waals surface area (Å²) in [6.45, 7) is -0.106. The van der Waals surface area contributed by atoms with E-state index in [-0.39, 0.29) is 5.92 Å². The van der Waals surface area contributed by atoms with E-state index >= 15 is 0 Å². The first-order valence-electron chi connectivity index (χ1n) is 5.39. The van der Waals surface area contributed by atoms with Crippen molar-refractivity contribution in [3.63, 3.8) is 0 Å². The van der Waals surface area contributed by atoms with Gasteiger partial charge < -0.3 is 15.3 Å². The first-order valence-corrected chi connectivity index (χ1v) is 5.39. The third-order valence-electron chi connectivity index (χ3n) is 2.97. The van der Waals surface area contributed by atoms with Crippen molar-refractivity contribution < 1.29 is 27.9 Å². The second kappa shape index (κ2) is 4.66. The molecule has 1 atom stereocenters. The van der Waals surface area contributed by atoms with Crippen molar-refractivity contribution in [2.24, 2.45) is 5.92 Å². The number of aliphatic carboxylic acids is 1. The summed E-state index contributed by atoms with van der Waals surface area (Å²) in [4.78, 5) is 23.0. The smallest absolute Gasteiger partial charge is 0.406 e. The lowest BCUT2D eigenvalue weighted by Gasteiger charge is -2.29. The predicted octanol–water partition coefficient (Wildman–Crippen LogP) is 1.44. The average Bonchev–Trinajstić information content (AvgIpc) is 2.97. The molecule has 18 heavy (non-hydrogen) atoms. The van der Waals surface area contributed by atoms with E-state index in [9.17, 15) is 22.8 Å².